The minimum Gasteiger partial charge on any atom is -0.357 e. The first-order chi connectivity index (χ1) is 9.95. The molecule has 1 aliphatic rings. The Morgan fingerprint density at radius 1 is 1.62 bits per heavy atom. The van der Waals surface area contributed by atoms with Crippen molar-refractivity contribution in [2.75, 3.05) is 31.6 Å². The summed E-state index contributed by atoms with van der Waals surface area (Å²) in [6.45, 7) is 1.27. The summed E-state index contributed by atoms with van der Waals surface area (Å²) < 4.78 is 13.5. The van der Waals surface area contributed by atoms with Crippen LogP contribution in [0.25, 0.3) is 0 Å². The number of nitro groups is 1. The Labute approximate surface area is 125 Å². The molecule has 1 unspecified atom stereocenters. The third kappa shape index (κ3) is 3.06. The molecule has 0 radical (unpaired) electrons. The van der Waals surface area contributed by atoms with Crippen LogP contribution in [0.2, 0.25) is 5.02 Å². The molecule has 0 spiro atoms. The highest BCUT2D eigenvalue weighted by molar-refractivity contribution is 6.31. The van der Waals surface area contributed by atoms with Gasteiger partial charge < -0.3 is 15.5 Å². The molecule has 1 atom stereocenters. The number of anilines is 1. The number of hydrogen-bond donors (Lipinski definition) is 2. The van der Waals surface area contributed by atoms with E-state index in [-0.39, 0.29) is 16.6 Å². The summed E-state index contributed by atoms with van der Waals surface area (Å²) in [6, 6.07) is 1.35. The normalized spacial score (nSPS) is 18.4. The average molecular weight is 317 g/mol. The van der Waals surface area contributed by atoms with Crippen LogP contribution in [-0.4, -0.2) is 43.6 Å². The summed E-state index contributed by atoms with van der Waals surface area (Å²) in [5.74, 6) is -1.14. The van der Waals surface area contributed by atoms with Gasteiger partial charge >= 0.3 is 0 Å². The van der Waals surface area contributed by atoms with Crippen LogP contribution in [0.1, 0.15) is 0 Å². The van der Waals surface area contributed by atoms with Gasteiger partial charge in [-0.25, -0.2) is 4.39 Å². The summed E-state index contributed by atoms with van der Waals surface area (Å²) in [7, 11) is 1.49. The molecule has 1 aromatic rings. The van der Waals surface area contributed by atoms with Crippen LogP contribution in [0.5, 0.6) is 0 Å². The average Bonchev–Trinajstić information content (AvgIpc) is 2.48. The zero-order valence-electron chi connectivity index (χ0n) is 11.2. The lowest BCUT2D eigenvalue weighted by atomic mass is 10.1. The van der Waals surface area contributed by atoms with Gasteiger partial charge in [-0.05, 0) is 6.07 Å². The van der Waals surface area contributed by atoms with Gasteiger partial charge in [-0.15, -0.1) is 0 Å². The molecule has 1 saturated heterocycles. The third-order valence-corrected chi connectivity index (χ3v) is 3.61. The first-order valence-electron chi connectivity index (χ1n) is 6.28. The van der Waals surface area contributed by atoms with Gasteiger partial charge in [0, 0.05) is 26.7 Å². The maximum atomic E-state index is 13.5. The van der Waals surface area contributed by atoms with E-state index in [2.05, 4.69) is 10.6 Å². The summed E-state index contributed by atoms with van der Waals surface area (Å²) in [4.78, 5) is 23.9. The van der Waals surface area contributed by atoms with Crippen LogP contribution in [0, 0.1) is 15.9 Å². The van der Waals surface area contributed by atoms with Crippen molar-refractivity contribution in [3.8, 4) is 0 Å². The van der Waals surface area contributed by atoms with E-state index in [0.29, 0.717) is 19.6 Å². The van der Waals surface area contributed by atoms with Gasteiger partial charge in [-0.2, -0.15) is 0 Å². The number of likely N-dealkylation sites (N-methyl/N-ethyl adjacent to an activating group) is 1. The first kappa shape index (κ1) is 15.5. The number of rotatable bonds is 3. The molecule has 114 valence electrons. The van der Waals surface area contributed by atoms with Crippen molar-refractivity contribution in [2.45, 2.75) is 6.04 Å². The highest BCUT2D eigenvalue weighted by atomic mass is 35.5. The van der Waals surface area contributed by atoms with Crippen molar-refractivity contribution in [3.05, 3.63) is 33.1 Å². The molecule has 1 aromatic carbocycles. The Hall–Kier alpha value is -1.93. The second kappa shape index (κ2) is 6.23. The Kier molecular flexibility index (Phi) is 4.59. The van der Waals surface area contributed by atoms with Crippen molar-refractivity contribution in [2.24, 2.45) is 0 Å². The highest BCUT2D eigenvalue weighted by Crippen LogP contribution is 2.34. The topological polar surface area (TPSA) is 87.5 Å². The van der Waals surface area contributed by atoms with Crippen molar-refractivity contribution in [1.29, 1.82) is 0 Å². The second-order valence-corrected chi connectivity index (χ2v) is 4.95. The fourth-order valence-corrected chi connectivity index (χ4v) is 2.45. The predicted molar refractivity (Wildman–Crippen MR) is 76.1 cm³/mol. The van der Waals surface area contributed by atoms with Crippen LogP contribution in [0.4, 0.5) is 15.8 Å². The van der Waals surface area contributed by atoms with E-state index in [1.807, 2.05) is 0 Å². The van der Waals surface area contributed by atoms with E-state index in [0.717, 1.165) is 6.07 Å². The largest absolute Gasteiger partial charge is 0.357 e. The van der Waals surface area contributed by atoms with E-state index < -0.39 is 22.5 Å². The van der Waals surface area contributed by atoms with Crippen LogP contribution in [0.15, 0.2) is 12.1 Å². The smallest absolute Gasteiger partial charge is 0.295 e. The summed E-state index contributed by atoms with van der Waals surface area (Å²) in [6.07, 6.45) is 0. The molecule has 7 nitrogen and oxygen atoms in total. The number of nitrogens with zero attached hydrogens (tertiary/aromatic N) is 2. The fraction of sp³-hybridized carbons (Fsp3) is 0.417. The zero-order valence-corrected chi connectivity index (χ0v) is 12.0. The lowest BCUT2D eigenvalue weighted by Gasteiger charge is -2.36. The first-order valence-corrected chi connectivity index (χ1v) is 6.66. The number of amides is 1. The standard InChI is InChI=1S/C12H14ClFN4O3/c1-15-12(19)11-6-16-2-3-17(11)9-4-7(13)8(14)5-10(9)18(20)21/h4-5,11,16H,2-3,6H2,1H3,(H,15,19). The van der Waals surface area contributed by atoms with Gasteiger partial charge in [-0.3, -0.25) is 14.9 Å². The number of benzene rings is 1. The third-order valence-electron chi connectivity index (χ3n) is 3.32. The van der Waals surface area contributed by atoms with Crippen LogP contribution in [-0.2, 0) is 4.79 Å². The molecule has 0 bridgehead atoms. The molecule has 1 amide bonds. The molecule has 0 aliphatic carbocycles. The SMILES string of the molecule is CNC(=O)C1CNCCN1c1cc(Cl)c(F)cc1[N+](=O)[O-]. The number of nitrogens with one attached hydrogen (secondary N) is 2. The molecule has 9 heteroatoms. The zero-order chi connectivity index (χ0) is 15.6. The lowest BCUT2D eigenvalue weighted by molar-refractivity contribution is -0.384. The number of carbonyl (C=O) groups is 1. The molecule has 0 aromatic heterocycles. The quantitative estimate of drug-likeness (QED) is 0.639. The predicted octanol–water partition coefficient (Wildman–Crippen LogP) is 0.911. The Bertz CT molecular complexity index is 584. The van der Waals surface area contributed by atoms with Crippen LogP contribution in [0.3, 0.4) is 0 Å². The minimum absolute atomic E-state index is 0.140. The maximum absolute atomic E-state index is 13.5. The molecule has 1 fully saturated rings. The fourth-order valence-electron chi connectivity index (χ4n) is 2.30. The van der Waals surface area contributed by atoms with Gasteiger partial charge in [0.2, 0.25) is 5.91 Å². The molecular formula is C12H14ClFN4O3. The second-order valence-electron chi connectivity index (χ2n) is 4.54. The number of carbonyl (C=O) groups excluding carboxylic acids is 1. The molecule has 0 saturated carbocycles. The monoisotopic (exact) mass is 316 g/mol. The number of nitro benzene ring substituents is 1. The van der Waals surface area contributed by atoms with Crippen molar-refractivity contribution >= 4 is 28.9 Å². The summed E-state index contributed by atoms with van der Waals surface area (Å²) in [5.41, 5.74) is -0.269. The maximum Gasteiger partial charge on any atom is 0.295 e. The van der Waals surface area contributed by atoms with Gasteiger partial charge in [-0.1, -0.05) is 11.6 Å². The van der Waals surface area contributed by atoms with E-state index >= 15 is 0 Å². The Morgan fingerprint density at radius 2 is 2.33 bits per heavy atom. The molecule has 1 aliphatic heterocycles. The number of halogens is 2. The Balaban J connectivity index is 2.49. The van der Waals surface area contributed by atoms with Gasteiger partial charge in [0.15, 0.2) is 0 Å². The number of hydrogen-bond acceptors (Lipinski definition) is 5. The summed E-state index contributed by atoms with van der Waals surface area (Å²) >= 11 is 5.73. The van der Waals surface area contributed by atoms with Crippen LogP contribution >= 0.6 is 11.6 Å². The van der Waals surface area contributed by atoms with E-state index in [4.69, 9.17) is 11.6 Å². The summed E-state index contributed by atoms with van der Waals surface area (Å²) in [5, 5.41) is 16.5. The van der Waals surface area contributed by atoms with E-state index in [1.54, 1.807) is 4.90 Å². The molecular weight excluding hydrogens is 303 g/mol. The van der Waals surface area contributed by atoms with Crippen molar-refractivity contribution < 1.29 is 14.1 Å². The van der Waals surface area contributed by atoms with Crippen molar-refractivity contribution in [1.82, 2.24) is 10.6 Å². The highest BCUT2D eigenvalue weighted by Gasteiger charge is 2.33. The number of piperazine rings is 1. The molecule has 2 rings (SSSR count). The molecule has 2 N–H and O–H groups in total. The molecule has 21 heavy (non-hydrogen) atoms. The van der Waals surface area contributed by atoms with Crippen LogP contribution < -0.4 is 15.5 Å². The van der Waals surface area contributed by atoms with Gasteiger partial charge in [0.05, 0.1) is 16.0 Å². The van der Waals surface area contributed by atoms with E-state index in [1.165, 1.54) is 13.1 Å². The van der Waals surface area contributed by atoms with Crippen molar-refractivity contribution in [3.63, 3.8) is 0 Å². The lowest BCUT2D eigenvalue weighted by Crippen LogP contribution is -2.57. The van der Waals surface area contributed by atoms with Gasteiger partial charge in [0.1, 0.15) is 17.5 Å². The van der Waals surface area contributed by atoms with E-state index in [9.17, 15) is 19.3 Å². The molecule has 1 heterocycles. The van der Waals surface area contributed by atoms with Gasteiger partial charge in [0.25, 0.3) is 5.69 Å². The Morgan fingerprint density at radius 3 is 2.95 bits per heavy atom. The minimum atomic E-state index is -0.862.